The SMILES string of the molecule is CCCN(CC(=O)NC(=O)NCc1cccs1)C1CCN(C(=O)c2ccccc2)CC1. The van der Waals surface area contributed by atoms with Crippen LogP contribution in [0.2, 0.25) is 0 Å². The Kier molecular flexibility index (Phi) is 8.61. The van der Waals surface area contributed by atoms with Crippen molar-refractivity contribution in [1.82, 2.24) is 20.4 Å². The van der Waals surface area contributed by atoms with Crippen molar-refractivity contribution in [2.24, 2.45) is 0 Å². The number of imide groups is 1. The van der Waals surface area contributed by atoms with E-state index in [-0.39, 0.29) is 24.4 Å². The maximum absolute atomic E-state index is 12.7. The predicted molar refractivity (Wildman–Crippen MR) is 122 cm³/mol. The van der Waals surface area contributed by atoms with Gasteiger partial charge in [-0.25, -0.2) is 4.79 Å². The van der Waals surface area contributed by atoms with Crippen molar-refractivity contribution in [3.05, 3.63) is 58.3 Å². The Morgan fingerprint density at radius 1 is 1.10 bits per heavy atom. The molecule has 0 bridgehead atoms. The third-order valence-electron chi connectivity index (χ3n) is 5.40. The van der Waals surface area contributed by atoms with Gasteiger partial charge in [0, 0.05) is 29.6 Å². The van der Waals surface area contributed by atoms with Gasteiger partial charge in [-0.15, -0.1) is 11.3 Å². The third kappa shape index (κ3) is 6.90. The van der Waals surface area contributed by atoms with Crippen LogP contribution in [0, 0.1) is 0 Å². The van der Waals surface area contributed by atoms with Crippen LogP contribution in [0.15, 0.2) is 47.8 Å². The van der Waals surface area contributed by atoms with Gasteiger partial charge in [-0.2, -0.15) is 0 Å². The summed E-state index contributed by atoms with van der Waals surface area (Å²) in [4.78, 5) is 42.1. The van der Waals surface area contributed by atoms with Crippen molar-refractivity contribution >= 4 is 29.2 Å². The molecule has 0 aliphatic carbocycles. The number of piperidine rings is 1. The Hall–Kier alpha value is -2.71. The number of nitrogens with one attached hydrogen (secondary N) is 2. The number of hydrogen-bond acceptors (Lipinski definition) is 5. The van der Waals surface area contributed by atoms with E-state index in [1.54, 1.807) is 11.3 Å². The molecule has 4 amide bonds. The molecule has 1 aliphatic heterocycles. The Balaban J connectivity index is 1.46. The molecular formula is C23H30N4O3S. The van der Waals surface area contributed by atoms with E-state index in [1.165, 1.54) is 0 Å². The minimum atomic E-state index is -0.474. The van der Waals surface area contributed by atoms with Gasteiger partial charge in [0.2, 0.25) is 5.91 Å². The first kappa shape index (κ1) is 23.0. The number of likely N-dealkylation sites (tertiary alicyclic amines) is 1. The smallest absolute Gasteiger partial charge is 0.321 e. The van der Waals surface area contributed by atoms with Crippen molar-refractivity contribution in [1.29, 1.82) is 0 Å². The number of hydrogen-bond donors (Lipinski definition) is 2. The molecule has 1 fully saturated rings. The summed E-state index contributed by atoms with van der Waals surface area (Å²) in [6, 6.07) is 12.9. The molecule has 0 atom stereocenters. The fraction of sp³-hybridized carbons (Fsp3) is 0.435. The number of benzene rings is 1. The van der Waals surface area contributed by atoms with Gasteiger partial charge in [-0.1, -0.05) is 31.2 Å². The molecule has 2 heterocycles. The Morgan fingerprint density at radius 2 is 1.84 bits per heavy atom. The van der Waals surface area contributed by atoms with Gasteiger partial charge in [0.15, 0.2) is 0 Å². The molecule has 166 valence electrons. The molecule has 1 saturated heterocycles. The van der Waals surface area contributed by atoms with Crippen LogP contribution in [-0.2, 0) is 11.3 Å². The molecule has 2 N–H and O–H groups in total. The van der Waals surface area contributed by atoms with Gasteiger partial charge in [0.25, 0.3) is 5.91 Å². The van der Waals surface area contributed by atoms with Crippen LogP contribution in [-0.4, -0.2) is 59.9 Å². The second-order valence-corrected chi connectivity index (χ2v) is 8.70. The molecule has 8 heteroatoms. The summed E-state index contributed by atoms with van der Waals surface area (Å²) in [5.74, 6) is -0.249. The maximum Gasteiger partial charge on any atom is 0.321 e. The van der Waals surface area contributed by atoms with Crippen LogP contribution in [0.3, 0.4) is 0 Å². The van der Waals surface area contributed by atoms with Gasteiger partial charge >= 0.3 is 6.03 Å². The first-order valence-corrected chi connectivity index (χ1v) is 11.6. The summed E-state index contributed by atoms with van der Waals surface area (Å²) in [6.45, 7) is 4.78. The lowest BCUT2D eigenvalue weighted by molar-refractivity contribution is -0.122. The zero-order chi connectivity index (χ0) is 22.1. The van der Waals surface area contributed by atoms with E-state index in [1.807, 2.05) is 52.7 Å². The number of amides is 4. The quantitative estimate of drug-likeness (QED) is 0.658. The lowest BCUT2D eigenvalue weighted by Gasteiger charge is -2.38. The van der Waals surface area contributed by atoms with E-state index in [4.69, 9.17) is 0 Å². The summed E-state index contributed by atoms with van der Waals surface area (Å²) >= 11 is 1.56. The molecule has 0 radical (unpaired) electrons. The molecular weight excluding hydrogens is 412 g/mol. The number of carbonyl (C=O) groups excluding carboxylic acids is 3. The zero-order valence-electron chi connectivity index (χ0n) is 17.9. The molecule has 1 aromatic heterocycles. The minimum Gasteiger partial charge on any atom is -0.339 e. The lowest BCUT2D eigenvalue weighted by atomic mass is 10.0. The second kappa shape index (κ2) is 11.6. The number of carbonyl (C=O) groups is 3. The summed E-state index contributed by atoms with van der Waals surface area (Å²) < 4.78 is 0. The molecule has 0 spiro atoms. The molecule has 1 aromatic carbocycles. The fourth-order valence-electron chi connectivity index (χ4n) is 3.85. The molecule has 0 saturated carbocycles. The first-order chi connectivity index (χ1) is 15.1. The van der Waals surface area contributed by atoms with Crippen LogP contribution < -0.4 is 10.6 Å². The third-order valence-corrected chi connectivity index (χ3v) is 6.28. The van der Waals surface area contributed by atoms with Crippen molar-refractivity contribution in [2.45, 2.75) is 38.8 Å². The molecule has 1 aliphatic rings. The Morgan fingerprint density at radius 3 is 2.48 bits per heavy atom. The van der Waals surface area contributed by atoms with E-state index in [0.717, 1.165) is 30.7 Å². The van der Waals surface area contributed by atoms with E-state index in [0.29, 0.717) is 25.2 Å². The normalized spacial score (nSPS) is 14.5. The number of thiophene rings is 1. The zero-order valence-corrected chi connectivity index (χ0v) is 18.7. The first-order valence-electron chi connectivity index (χ1n) is 10.7. The number of nitrogens with zero attached hydrogens (tertiary/aromatic N) is 2. The van der Waals surface area contributed by atoms with Gasteiger partial charge in [-0.05, 0) is 49.4 Å². The van der Waals surface area contributed by atoms with Crippen molar-refractivity contribution in [3.8, 4) is 0 Å². The maximum atomic E-state index is 12.7. The molecule has 2 aromatic rings. The number of urea groups is 1. The van der Waals surface area contributed by atoms with Gasteiger partial charge in [-0.3, -0.25) is 19.8 Å². The van der Waals surface area contributed by atoms with Crippen LogP contribution in [0.5, 0.6) is 0 Å². The van der Waals surface area contributed by atoms with Crippen LogP contribution in [0.25, 0.3) is 0 Å². The summed E-state index contributed by atoms with van der Waals surface area (Å²) in [5, 5.41) is 7.09. The second-order valence-electron chi connectivity index (χ2n) is 7.67. The highest BCUT2D eigenvalue weighted by molar-refractivity contribution is 7.09. The highest BCUT2D eigenvalue weighted by Crippen LogP contribution is 2.19. The van der Waals surface area contributed by atoms with Crippen LogP contribution in [0.4, 0.5) is 4.79 Å². The monoisotopic (exact) mass is 442 g/mol. The minimum absolute atomic E-state index is 0.0567. The van der Waals surface area contributed by atoms with E-state index >= 15 is 0 Å². The van der Waals surface area contributed by atoms with Crippen molar-refractivity contribution in [3.63, 3.8) is 0 Å². The molecule has 31 heavy (non-hydrogen) atoms. The highest BCUT2D eigenvalue weighted by Gasteiger charge is 2.28. The largest absolute Gasteiger partial charge is 0.339 e. The topological polar surface area (TPSA) is 81.8 Å². The number of rotatable bonds is 8. The van der Waals surface area contributed by atoms with E-state index < -0.39 is 6.03 Å². The molecule has 7 nitrogen and oxygen atoms in total. The highest BCUT2D eigenvalue weighted by atomic mass is 32.1. The van der Waals surface area contributed by atoms with E-state index in [2.05, 4.69) is 22.5 Å². The van der Waals surface area contributed by atoms with Crippen LogP contribution in [0.1, 0.15) is 41.4 Å². The fourth-order valence-corrected chi connectivity index (χ4v) is 4.50. The summed E-state index contributed by atoms with van der Waals surface area (Å²) in [6.07, 6.45) is 2.55. The van der Waals surface area contributed by atoms with Crippen LogP contribution >= 0.6 is 11.3 Å². The van der Waals surface area contributed by atoms with Crippen molar-refractivity contribution in [2.75, 3.05) is 26.2 Å². The lowest BCUT2D eigenvalue weighted by Crippen LogP contribution is -2.51. The van der Waals surface area contributed by atoms with E-state index in [9.17, 15) is 14.4 Å². The van der Waals surface area contributed by atoms with Gasteiger partial charge < -0.3 is 10.2 Å². The average Bonchev–Trinajstić information content (AvgIpc) is 3.31. The summed E-state index contributed by atoms with van der Waals surface area (Å²) in [7, 11) is 0. The van der Waals surface area contributed by atoms with Crippen molar-refractivity contribution < 1.29 is 14.4 Å². The van der Waals surface area contributed by atoms with Gasteiger partial charge in [0.1, 0.15) is 0 Å². The molecule has 0 unspecified atom stereocenters. The average molecular weight is 443 g/mol. The molecule has 3 rings (SSSR count). The van der Waals surface area contributed by atoms with Gasteiger partial charge in [0.05, 0.1) is 13.1 Å². The standard InChI is InChI=1S/C23H30N4O3S/c1-2-12-27(17-21(28)25-23(30)24-16-20-9-6-15-31-20)19-10-13-26(14-11-19)22(29)18-7-4-3-5-8-18/h3-9,15,19H,2,10-14,16-17H2,1H3,(H2,24,25,28,30). The Bertz CT molecular complexity index is 849. The predicted octanol–water partition coefficient (Wildman–Crippen LogP) is 3.09. The Labute approximate surface area is 187 Å². The summed E-state index contributed by atoms with van der Waals surface area (Å²) in [5.41, 5.74) is 0.708.